The summed E-state index contributed by atoms with van der Waals surface area (Å²) in [6, 6.07) is 17.4. The number of hydrogen-bond donors (Lipinski definition) is 3. The number of fused-ring (bicyclic) bond motifs is 1. The average molecular weight is 418 g/mol. The molecule has 0 aliphatic heterocycles. The second kappa shape index (κ2) is 9.75. The Morgan fingerprint density at radius 1 is 1.06 bits per heavy atom. The molecule has 4 aromatic rings. The number of hydrogen-bond acceptors (Lipinski definition) is 7. The number of nitrogens with two attached hydrogens (primary N) is 3. The Kier molecular flexibility index (Phi) is 6.86. The number of halogens is 1. The van der Waals surface area contributed by atoms with Gasteiger partial charge in [-0.1, -0.05) is 12.1 Å². The lowest BCUT2D eigenvalue weighted by molar-refractivity contribution is 0.112. The maximum Gasteiger partial charge on any atom is 0.166 e. The lowest BCUT2D eigenvalue weighted by Crippen LogP contribution is -2.31. The smallest absolute Gasteiger partial charge is 0.166 e. The van der Waals surface area contributed by atoms with Gasteiger partial charge in [-0.2, -0.15) is 0 Å². The Hall–Kier alpha value is -3.88. The summed E-state index contributed by atoms with van der Waals surface area (Å²) in [6.07, 6.45) is 2.22. The van der Waals surface area contributed by atoms with Crippen LogP contribution in [0.2, 0.25) is 0 Å². The molecule has 2 heterocycles. The molecule has 0 saturated heterocycles. The van der Waals surface area contributed by atoms with E-state index in [0.717, 1.165) is 16.5 Å². The number of pyridine rings is 2. The molecular formula is C23H23FN6O. The van der Waals surface area contributed by atoms with Crippen LogP contribution in [0.25, 0.3) is 22.2 Å². The van der Waals surface area contributed by atoms with Crippen LogP contribution >= 0.6 is 0 Å². The lowest BCUT2D eigenvalue weighted by atomic mass is 10.1. The largest absolute Gasteiger partial charge is 0.396 e. The number of carbonyl (C=O) groups is 1. The number of rotatable bonds is 5. The van der Waals surface area contributed by atoms with Crippen molar-refractivity contribution >= 4 is 28.7 Å². The minimum atomic E-state index is -0.578. The standard InChI is InChI=1S/C22H18FN5O.CH5N/c23-18-5-4-16(11-17(18)13-29)21-8-6-19(24)22(27-21)28(25)12-14-3-7-20-15(10-14)2-1-9-26-20;1-2/h1-11,13H,12,24-25H2;2H2,1H3. The molecule has 0 saturated carbocycles. The number of carbonyl (C=O) groups excluding carboxylic acids is 1. The van der Waals surface area contributed by atoms with Gasteiger partial charge in [0.25, 0.3) is 0 Å². The van der Waals surface area contributed by atoms with Gasteiger partial charge in [0.05, 0.1) is 29.0 Å². The van der Waals surface area contributed by atoms with E-state index in [0.29, 0.717) is 35.6 Å². The first-order valence-corrected chi connectivity index (χ1v) is 9.50. The molecular weight excluding hydrogens is 395 g/mol. The van der Waals surface area contributed by atoms with Crippen molar-refractivity contribution < 1.29 is 9.18 Å². The molecule has 0 fully saturated rings. The zero-order valence-corrected chi connectivity index (χ0v) is 17.0. The zero-order valence-electron chi connectivity index (χ0n) is 17.0. The third kappa shape index (κ3) is 4.82. The fraction of sp³-hybridized carbons (Fsp3) is 0.0870. The summed E-state index contributed by atoms with van der Waals surface area (Å²) in [5, 5.41) is 2.47. The highest BCUT2D eigenvalue weighted by atomic mass is 19.1. The summed E-state index contributed by atoms with van der Waals surface area (Å²) in [6.45, 7) is 0.383. The molecule has 0 unspecified atom stereocenters. The number of aromatic nitrogens is 2. The minimum absolute atomic E-state index is 0.0305. The molecule has 7 nitrogen and oxygen atoms in total. The Bertz CT molecular complexity index is 1210. The fourth-order valence-corrected chi connectivity index (χ4v) is 3.14. The van der Waals surface area contributed by atoms with Crippen LogP contribution in [0, 0.1) is 5.82 Å². The van der Waals surface area contributed by atoms with Gasteiger partial charge in [-0.15, -0.1) is 0 Å². The molecule has 2 aromatic carbocycles. The highest BCUT2D eigenvalue weighted by molar-refractivity contribution is 5.80. The minimum Gasteiger partial charge on any atom is -0.396 e. The highest BCUT2D eigenvalue weighted by Crippen LogP contribution is 2.27. The van der Waals surface area contributed by atoms with E-state index in [9.17, 15) is 9.18 Å². The molecule has 0 radical (unpaired) electrons. The van der Waals surface area contributed by atoms with E-state index in [-0.39, 0.29) is 5.56 Å². The van der Waals surface area contributed by atoms with Crippen LogP contribution in [0.4, 0.5) is 15.9 Å². The molecule has 31 heavy (non-hydrogen) atoms. The second-order valence-corrected chi connectivity index (χ2v) is 6.62. The van der Waals surface area contributed by atoms with Gasteiger partial charge in [-0.05, 0) is 61.1 Å². The van der Waals surface area contributed by atoms with Gasteiger partial charge in [-0.3, -0.25) is 14.8 Å². The van der Waals surface area contributed by atoms with E-state index in [2.05, 4.69) is 15.7 Å². The van der Waals surface area contributed by atoms with Crippen molar-refractivity contribution in [3.8, 4) is 11.3 Å². The van der Waals surface area contributed by atoms with Gasteiger partial charge in [0.1, 0.15) is 5.82 Å². The molecule has 0 bridgehead atoms. The van der Waals surface area contributed by atoms with Gasteiger partial charge >= 0.3 is 0 Å². The van der Waals surface area contributed by atoms with Crippen molar-refractivity contribution in [3.63, 3.8) is 0 Å². The third-order valence-electron chi connectivity index (χ3n) is 4.62. The number of aldehydes is 1. The number of hydrazine groups is 1. The molecule has 158 valence electrons. The Morgan fingerprint density at radius 2 is 1.87 bits per heavy atom. The quantitative estimate of drug-likeness (QED) is 0.258. The van der Waals surface area contributed by atoms with Crippen molar-refractivity contribution in [1.82, 2.24) is 9.97 Å². The molecule has 0 aliphatic carbocycles. The maximum atomic E-state index is 13.6. The molecule has 8 heteroatoms. The Labute approximate surface area is 179 Å². The maximum absolute atomic E-state index is 13.6. The van der Waals surface area contributed by atoms with Crippen LogP contribution in [0.15, 0.2) is 66.9 Å². The second-order valence-electron chi connectivity index (χ2n) is 6.62. The van der Waals surface area contributed by atoms with Crippen molar-refractivity contribution in [2.24, 2.45) is 11.6 Å². The van der Waals surface area contributed by atoms with Crippen molar-refractivity contribution in [1.29, 1.82) is 0 Å². The Morgan fingerprint density at radius 3 is 2.65 bits per heavy atom. The summed E-state index contributed by atoms with van der Waals surface area (Å²) in [5.74, 6) is 6.07. The molecule has 0 spiro atoms. The summed E-state index contributed by atoms with van der Waals surface area (Å²) < 4.78 is 13.6. The lowest BCUT2D eigenvalue weighted by Gasteiger charge is -2.20. The third-order valence-corrected chi connectivity index (χ3v) is 4.62. The van der Waals surface area contributed by atoms with E-state index < -0.39 is 5.82 Å². The first-order chi connectivity index (χ1) is 15.0. The molecule has 0 atom stereocenters. The van der Waals surface area contributed by atoms with Gasteiger partial charge in [0.2, 0.25) is 0 Å². The monoisotopic (exact) mass is 418 g/mol. The van der Waals surface area contributed by atoms with Crippen LogP contribution in [0.3, 0.4) is 0 Å². The zero-order chi connectivity index (χ0) is 22.4. The van der Waals surface area contributed by atoms with Gasteiger partial charge < -0.3 is 11.5 Å². The molecule has 0 aliphatic rings. The topological polar surface area (TPSA) is 124 Å². The van der Waals surface area contributed by atoms with Gasteiger partial charge in [0, 0.05) is 17.1 Å². The predicted octanol–water partition coefficient (Wildman–Crippen LogP) is 3.29. The van der Waals surface area contributed by atoms with E-state index in [4.69, 9.17) is 11.6 Å². The van der Waals surface area contributed by atoms with Crippen LogP contribution < -0.4 is 22.3 Å². The summed E-state index contributed by atoms with van der Waals surface area (Å²) in [4.78, 5) is 19.9. The van der Waals surface area contributed by atoms with E-state index >= 15 is 0 Å². The van der Waals surface area contributed by atoms with Crippen LogP contribution in [-0.2, 0) is 6.54 Å². The highest BCUT2D eigenvalue weighted by Gasteiger charge is 2.13. The predicted molar refractivity (Wildman–Crippen MR) is 122 cm³/mol. The van der Waals surface area contributed by atoms with Crippen LogP contribution in [0.5, 0.6) is 0 Å². The molecule has 2 aromatic heterocycles. The van der Waals surface area contributed by atoms with Crippen molar-refractivity contribution in [2.75, 3.05) is 17.8 Å². The first-order valence-electron chi connectivity index (χ1n) is 9.50. The molecule has 0 amide bonds. The van der Waals surface area contributed by atoms with E-state index in [1.807, 2.05) is 30.3 Å². The van der Waals surface area contributed by atoms with E-state index in [1.165, 1.54) is 24.2 Å². The molecule has 4 rings (SSSR count). The Balaban J connectivity index is 0.00000132. The van der Waals surface area contributed by atoms with Gasteiger partial charge in [0.15, 0.2) is 12.1 Å². The number of nitrogens with zero attached hydrogens (tertiary/aromatic N) is 3. The van der Waals surface area contributed by atoms with Gasteiger partial charge in [-0.25, -0.2) is 15.2 Å². The number of anilines is 2. The normalized spacial score (nSPS) is 10.3. The summed E-state index contributed by atoms with van der Waals surface area (Å²) >= 11 is 0. The fourth-order valence-electron chi connectivity index (χ4n) is 3.14. The SMILES string of the molecule is CN.Nc1ccc(-c2ccc(F)c(C=O)c2)nc1N(N)Cc1ccc2ncccc2c1. The van der Waals surface area contributed by atoms with Crippen LogP contribution in [0.1, 0.15) is 15.9 Å². The summed E-state index contributed by atoms with van der Waals surface area (Å²) in [7, 11) is 1.50. The van der Waals surface area contributed by atoms with Crippen molar-refractivity contribution in [2.45, 2.75) is 6.54 Å². The number of nitrogen functional groups attached to an aromatic ring is 1. The van der Waals surface area contributed by atoms with Crippen molar-refractivity contribution in [3.05, 3.63) is 83.8 Å². The number of benzene rings is 2. The average Bonchev–Trinajstić information content (AvgIpc) is 2.81. The van der Waals surface area contributed by atoms with Crippen LogP contribution in [-0.4, -0.2) is 23.3 Å². The first kappa shape index (κ1) is 21.8. The van der Waals surface area contributed by atoms with E-state index in [1.54, 1.807) is 24.4 Å². The summed E-state index contributed by atoms with van der Waals surface area (Å²) in [5.41, 5.74) is 14.0. The molecule has 6 N–H and O–H groups in total.